The van der Waals surface area contributed by atoms with Crippen LogP contribution in [0.1, 0.15) is 12.5 Å². The molecule has 0 radical (unpaired) electrons. The number of benzene rings is 1. The van der Waals surface area contributed by atoms with Crippen LogP contribution in [0.15, 0.2) is 28.3 Å². The van der Waals surface area contributed by atoms with Gasteiger partial charge in [-0.05, 0) is 25.3 Å². The first-order valence-corrected chi connectivity index (χ1v) is 11.3. The summed E-state index contributed by atoms with van der Waals surface area (Å²) >= 11 is 1.19. The fourth-order valence-corrected chi connectivity index (χ4v) is 3.33. The van der Waals surface area contributed by atoms with Gasteiger partial charge in [0.25, 0.3) is 0 Å². The second-order valence-corrected chi connectivity index (χ2v) is 7.77. The Balaban J connectivity index is 2.02. The van der Waals surface area contributed by atoms with Crippen LogP contribution in [0.5, 0.6) is 11.6 Å². The molecule has 0 unspecified atom stereocenters. The van der Waals surface area contributed by atoms with Crippen LogP contribution < -0.4 is 20.3 Å². The summed E-state index contributed by atoms with van der Waals surface area (Å²) in [7, 11) is 3.76. The summed E-state index contributed by atoms with van der Waals surface area (Å²) in [5, 5.41) is 18.0. The number of amidine groups is 1. The molecule has 1 aliphatic heterocycles. The van der Waals surface area contributed by atoms with E-state index >= 15 is 0 Å². The number of nitrogens with zero attached hydrogens (tertiary/aromatic N) is 5. The van der Waals surface area contributed by atoms with Crippen molar-refractivity contribution < 1.29 is 19.2 Å². The van der Waals surface area contributed by atoms with E-state index in [0.717, 1.165) is 23.6 Å². The second-order valence-electron chi connectivity index (χ2n) is 7.00. The van der Waals surface area contributed by atoms with Crippen molar-refractivity contribution in [2.45, 2.75) is 12.1 Å². The number of thioether (sulfide) groups is 1. The SMILES string of the molecule is CCOC(=O)CNc1nc(SC)nc(Oc2cc(C3=NCCN3)cc(N(C)C)c2)c1[N+](=O)[O-]. The van der Waals surface area contributed by atoms with Crippen molar-refractivity contribution in [1.29, 1.82) is 0 Å². The Kier molecular flexibility index (Phi) is 7.87. The van der Waals surface area contributed by atoms with E-state index in [1.54, 1.807) is 25.3 Å². The number of anilines is 2. The lowest BCUT2D eigenvalue weighted by Crippen LogP contribution is -2.20. The van der Waals surface area contributed by atoms with Crippen molar-refractivity contribution in [2.24, 2.45) is 4.99 Å². The van der Waals surface area contributed by atoms with Crippen molar-refractivity contribution >= 4 is 40.8 Å². The molecule has 0 amide bonds. The predicted octanol–water partition coefficient (Wildman–Crippen LogP) is 2.29. The molecule has 1 aromatic carbocycles. The van der Waals surface area contributed by atoms with E-state index in [1.807, 2.05) is 25.1 Å². The molecule has 1 aliphatic rings. The summed E-state index contributed by atoms with van der Waals surface area (Å²) in [5.74, 6) is 0.133. The van der Waals surface area contributed by atoms with E-state index in [2.05, 4.69) is 25.6 Å². The molecular weight excluding hydrogens is 450 g/mol. The maximum atomic E-state index is 11.9. The molecule has 0 bridgehead atoms. The molecule has 1 aromatic heterocycles. The van der Waals surface area contributed by atoms with Crippen LogP contribution in [-0.2, 0) is 9.53 Å². The average molecular weight is 476 g/mol. The highest BCUT2D eigenvalue weighted by Crippen LogP contribution is 2.37. The van der Waals surface area contributed by atoms with Gasteiger partial charge in [0.05, 0.1) is 18.1 Å². The monoisotopic (exact) mass is 475 g/mol. The van der Waals surface area contributed by atoms with E-state index in [4.69, 9.17) is 9.47 Å². The molecule has 0 saturated heterocycles. The van der Waals surface area contributed by atoms with Crippen molar-refractivity contribution in [3.63, 3.8) is 0 Å². The Morgan fingerprint density at radius 2 is 2.12 bits per heavy atom. The maximum absolute atomic E-state index is 11.9. The van der Waals surface area contributed by atoms with Crippen molar-refractivity contribution in [3.8, 4) is 11.6 Å². The van der Waals surface area contributed by atoms with E-state index in [-0.39, 0.29) is 30.0 Å². The third-order valence-electron chi connectivity index (χ3n) is 4.47. The molecule has 176 valence electrons. The van der Waals surface area contributed by atoms with Gasteiger partial charge in [0.1, 0.15) is 18.1 Å². The standard InChI is InChI=1S/C20H25N7O5S/c1-5-31-15(28)11-23-18-16(27(29)30)19(25-20(24-18)33-4)32-14-9-12(17-21-6-7-22-17)8-13(10-14)26(2)3/h8-10H,5-7,11H2,1-4H3,(H,21,22)(H,23,24,25). The third kappa shape index (κ3) is 6.00. The van der Waals surface area contributed by atoms with Crippen LogP contribution in [-0.4, -0.2) is 73.3 Å². The minimum atomic E-state index is -0.647. The van der Waals surface area contributed by atoms with Crippen LogP contribution in [0, 0.1) is 10.1 Å². The highest BCUT2D eigenvalue weighted by atomic mass is 32.2. The van der Waals surface area contributed by atoms with Gasteiger partial charge < -0.3 is 25.0 Å². The zero-order valence-electron chi connectivity index (χ0n) is 18.7. The van der Waals surface area contributed by atoms with Gasteiger partial charge in [-0.2, -0.15) is 9.97 Å². The zero-order chi connectivity index (χ0) is 24.0. The number of hydrogen-bond donors (Lipinski definition) is 2. The fraction of sp³-hybridized carbons (Fsp3) is 0.400. The number of aromatic nitrogens is 2. The van der Waals surface area contributed by atoms with E-state index in [1.165, 1.54) is 11.8 Å². The van der Waals surface area contributed by atoms with E-state index in [9.17, 15) is 14.9 Å². The van der Waals surface area contributed by atoms with Crippen LogP contribution in [0.3, 0.4) is 0 Å². The van der Waals surface area contributed by atoms with Gasteiger partial charge >= 0.3 is 17.5 Å². The summed E-state index contributed by atoms with van der Waals surface area (Å²) in [6.07, 6.45) is 1.73. The number of nitro groups is 1. The Hall–Kier alpha value is -3.61. The summed E-state index contributed by atoms with van der Waals surface area (Å²) in [6, 6.07) is 5.42. The summed E-state index contributed by atoms with van der Waals surface area (Å²) in [6.45, 7) is 2.99. The molecule has 2 heterocycles. The minimum absolute atomic E-state index is 0.131. The Morgan fingerprint density at radius 3 is 2.73 bits per heavy atom. The van der Waals surface area contributed by atoms with E-state index in [0.29, 0.717) is 12.3 Å². The first-order valence-electron chi connectivity index (χ1n) is 10.1. The molecule has 0 spiro atoms. The highest BCUT2D eigenvalue weighted by Gasteiger charge is 2.28. The predicted molar refractivity (Wildman–Crippen MR) is 126 cm³/mol. The first-order chi connectivity index (χ1) is 15.8. The van der Waals surface area contributed by atoms with Gasteiger partial charge in [0.2, 0.25) is 5.82 Å². The number of esters is 1. The minimum Gasteiger partial charge on any atom is -0.465 e. The van der Waals surface area contributed by atoms with Gasteiger partial charge in [-0.1, -0.05) is 11.8 Å². The smallest absolute Gasteiger partial charge is 0.373 e. The lowest BCUT2D eigenvalue weighted by atomic mass is 10.1. The second kappa shape index (κ2) is 10.8. The van der Waals surface area contributed by atoms with Crippen molar-refractivity contribution in [3.05, 3.63) is 33.9 Å². The molecule has 33 heavy (non-hydrogen) atoms. The van der Waals surface area contributed by atoms with E-state index < -0.39 is 16.6 Å². The van der Waals surface area contributed by atoms with Gasteiger partial charge in [0, 0.05) is 38.0 Å². The van der Waals surface area contributed by atoms with Gasteiger partial charge in [-0.3, -0.25) is 19.9 Å². The number of carbonyl (C=O) groups is 1. The van der Waals surface area contributed by atoms with Crippen LogP contribution in [0.4, 0.5) is 17.2 Å². The molecule has 13 heteroatoms. The lowest BCUT2D eigenvalue weighted by molar-refractivity contribution is -0.385. The molecular formula is C20H25N7O5S. The number of hydrogen-bond acceptors (Lipinski definition) is 12. The molecule has 3 rings (SSSR count). The van der Waals surface area contributed by atoms with Crippen LogP contribution >= 0.6 is 11.8 Å². The maximum Gasteiger partial charge on any atom is 0.373 e. The largest absolute Gasteiger partial charge is 0.465 e. The summed E-state index contributed by atoms with van der Waals surface area (Å²) in [5.41, 5.74) is 1.13. The topological polar surface area (TPSA) is 144 Å². The highest BCUT2D eigenvalue weighted by molar-refractivity contribution is 7.98. The van der Waals surface area contributed by atoms with Gasteiger partial charge in [0.15, 0.2) is 5.16 Å². The number of carbonyl (C=O) groups excluding carboxylic acids is 1. The molecule has 2 aromatic rings. The average Bonchev–Trinajstić information content (AvgIpc) is 3.32. The Bertz CT molecular complexity index is 1080. The molecule has 2 N–H and O–H groups in total. The van der Waals surface area contributed by atoms with Gasteiger partial charge in [-0.15, -0.1) is 0 Å². The van der Waals surface area contributed by atoms with Crippen LogP contribution in [0.25, 0.3) is 0 Å². The number of ether oxygens (including phenoxy) is 2. The molecule has 0 atom stereocenters. The Labute approximate surface area is 194 Å². The summed E-state index contributed by atoms with van der Waals surface area (Å²) < 4.78 is 10.8. The van der Waals surface area contributed by atoms with Crippen molar-refractivity contribution in [2.75, 3.05) is 56.8 Å². The molecule has 0 fully saturated rings. The quantitative estimate of drug-likeness (QED) is 0.172. The Morgan fingerprint density at radius 1 is 1.33 bits per heavy atom. The van der Waals surface area contributed by atoms with Gasteiger partial charge in [-0.25, -0.2) is 0 Å². The normalized spacial score (nSPS) is 12.5. The number of rotatable bonds is 10. The first kappa shape index (κ1) is 24.0. The molecule has 12 nitrogen and oxygen atoms in total. The third-order valence-corrected chi connectivity index (χ3v) is 5.02. The lowest BCUT2D eigenvalue weighted by Gasteiger charge is -2.17. The molecule has 0 aliphatic carbocycles. The zero-order valence-corrected chi connectivity index (χ0v) is 19.6. The number of nitrogens with one attached hydrogen (secondary N) is 2. The van der Waals surface area contributed by atoms with Crippen LogP contribution in [0.2, 0.25) is 0 Å². The molecule has 0 saturated carbocycles. The van der Waals surface area contributed by atoms with Crippen molar-refractivity contribution in [1.82, 2.24) is 15.3 Å². The summed E-state index contributed by atoms with van der Waals surface area (Å²) in [4.78, 5) is 37.7. The number of aliphatic imine (C=N–C) groups is 1. The fourth-order valence-electron chi connectivity index (χ4n) is 2.97.